The van der Waals surface area contributed by atoms with Crippen molar-refractivity contribution in [2.45, 2.75) is 26.1 Å². The maximum Gasteiger partial charge on any atom is 0.326 e. The van der Waals surface area contributed by atoms with Crippen LogP contribution in [-0.4, -0.2) is 29.7 Å². The number of para-hydroxylation sites is 3. The first-order chi connectivity index (χ1) is 16.0. The molecule has 168 valence electrons. The minimum Gasteiger partial charge on any atom is -0.496 e. The van der Waals surface area contributed by atoms with Crippen LogP contribution in [0.2, 0.25) is 0 Å². The molecular formula is C26H24N2O5. The Morgan fingerprint density at radius 3 is 2.12 bits per heavy atom. The molecule has 1 amide bonds. The van der Waals surface area contributed by atoms with E-state index in [9.17, 15) is 14.4 Å². The van der Waals surface area contributed by atoms with Crippen molar-refractivity contribution in [3.63, 3.8) is 0 Å². The molecule has 1 N–H and O–H groups in total. The van der Waals surface area contributed by atoms with Crippen LogP contribution < -0.4 is 15.5 Å². The number of aromatic nitrogens is 1. The van der Waals surface area contributed by atoms with Gasteiger partial charge in [0.05, 0.1) is 18.1 Å². The van der Waals surface area contributed by atoms with Crippen molar-refractivity contribution in [3.8, 4) is 5.75 Å². The van der Waals surface area contributed by atoms with E-state index in [1.165, 1.54) is 6.92 Å². The summed E-state index contributed by atoms with van der Waals surface area (Å²) < 4.78 is 12.4. The molecule has 7 nitrogen and oxygen atoms in total. The van der Waals surface area contributed by atoms with Crippen LogP contribution in [0, 0.1) is 0 Å². The van der Waals surface area contributed by atoms with E-state index < -0.39 is 18.0 Å². The fourth-order valence-corrected chi connectivity index (χ4v) is 3.84. The smallest absolute Gasteiger partial charge is 0.326 e. The summed E-state index contributed by atoms with van der Waals surface area (Å²) in [5.41, 5.74) is 1.99. The predicted molar refractivity (Wildman–Crippen MR) is 126 cm³/mol. The van der Waals surface area contributed by atoms with Crippen LogP contribution in [0.1, 0.15) is 12.5 Å². The molecule has 0 spiro atoms. The van der Waals surface area contributed by atoms with Crippen LogP contribution in [0.4, 0.5) is 0 Å². The average molecular weight is 444 g/mol. The maximum atomic E-state index is 12.8. The number of esters is 1. The maximum absolute atomic E-state index is 12.8. The number of carbonyl (C=O) groups excluding carboxylic acids is 2. The zero-order chi connectivity index (χ0) is 23.4. The third-order valence-electron chi connectivity index (χ3n) is 5.49. The normalized spacial score (nSPS) is 11.8. The van der Waals surface area contributed by atoms with E-state index in [1.807, 2.05) is 36.4 Å². The summed E-state index contributed by atoms with van der Waals surface area (Å²) in [6, 6.07) is 21.6. The topological polar surface area (TPSA) is 86.6 Å². The van der Waals surface area contributed by atoms with Crippen molar-refractivity contribution in [1.29, 1.82) is 0 Å². The van der Waals surface area contributed by atoms with Gasteiger partial charge in [-0.2, -0.15) is 0 Å². The highest BCUT2D eigenvalue weighted by Gasteiger charge is 2.20. The molecule has 0 radical (unpaired) electrons. The zero-order valence-corrected chi connectivity index (χ0v) is 18.4. The largest absolute Gasteiger partial charge is 0.496 e. The second kappa shape index (κ2) is 9.56. The lowest BCUT2D eigenvalue weighted by atomic mass is 10.1. The minimum absolute atomic E-state index is 0.0881. The standard InChI is InChI=1S/C26H24N2O5/c1-17(26(31)27-15-18-9-3-8-14-23(18)32-2)33-24(29)16-28-21-12-6-4-10-19(21)25(30)20-11-5-7-13-22(20)28/h3-14,17H,15-16H2,1-2H3,(H,27,31). The van der Waals surface area contributed by atoms with Gasteiger partial charge >= 0.3 is 5.97 Å². The second-order valence-corrected chi connectivity index (χ2v) is 7.61. The fraction of sp³-hybridized carbons (Fsp3) is 0.192. The number of fused-ring (bicyclic) bond motifs is 2. The van der Waals surface area contributed by atoms with Gasteiger partial charge in [0.25, 0.3) is 5.91 Å². The van der Waals surface area contributed by atoms with E-state index in [1.54, 1.807) is 48.1 Å². The van der Waals surface area contributed by atoms with Gasteiger partial charge in [-0.15, -0.1) is 0 Å². The van der Waals surface area contributed by atoms with Crippen molar-refractivity contribution < 1.29 is 19.1 Å². The number of methoxy groups -OCH3 is 1. The van der Waals surface area contributed by atoms with Crippen LogP contribution in [0.3, 0.4) is 0 Å². The van der Waals surface area contributed by atoms with E-state index in [2.05, 4.69) is 5.32 Å². The first-order valence-electron chi connectivity index (χ1n) is 10.6. The highest BCUT2D eigenvalue weighted by atomic mass is 16.5. The van der Waals surface area contributed by atoms with Crippen LogP contribution in [0.15, 0.2) is 77.6 Å². The van der Waals surface area contributed by atoms with Crippen molar-refractivity contribution in [2.75, 3.05) is 7.11 Å². The Morgan fingerprint density at radius 2 is 1.48 bits per heavy atom. The third-order valence-corrected chi connectivity index (χ3v) is 5.49. The Balaban J connectivity index is 1.50. The lowest BCUT2D eigenvalue weighted by Gasteiger charge is -2.17. The molecule has 4 rings (SSSR count). The molecule has 0 aliphatic carbocycles. The minimum atomic E-state index is -0.982. The lowest BCUT2D eigenvalue weighted by molar-refractivity contribution is -0.155. The number of nitrogens with zero attached hydrogens (tertiary/aromatic N) is 1. The van der Waals surface area contributed by atoms with Crippen molar-refractivity contribution in [1.82, 2.24) is 9.88 Å². The Labute approximate surface area is 190 Å². The van der Waals surface area contributed by atoms with Crippen LogP contribution in [0.25, 0.3) is 21.8 Å². The van der Waals surface area contributed by atoms with Gasteiger partial charge in [0.2, 0.25) is 0 Å². The highest BCUT2D eigenvalue weighted by Crippen LogP contribution is 2.20. The summed E-state index contributed by atoms with van der Waals surface area (Å²) in [6.07, 6.45) is -0.982. The van der Waals surface area contributed by atoms with Gasteiger partial charge in [-0.1, -0.05) is 42.5 Å². The summed E-state index contributed by atoms with van der Waals surface area (Å²) in [5, 5.41) is 3.81. The summed E-state index contributed by atoms with van der Waals surface area (Å²) in [6.45, 7) is 1.64. The highest BCUT2D eigenvalue weighted by molar-refractivity contribution is 5.94. The van der Waals surface area contributed by atoms with E-state index in [4.69, 9.17) is 9.47 Å². The molecule has 0 saturated carbocycles. The molecule has 1 aromatic heterocycles. The number of rotatable bonds is 7. The van der Waals surface area contributed by atoms with Gasteiger partial charge in [0.1, 0.15) is 12.3 Å². The summed E-state index contributed by atoms with van der Waals surface area (Å²) in [7, 11) is 1.56. The van der Waals surface area contributed by atoms with Crippen molar-refractivity contribution >= 4 is 33.7 Å². The van der Waals surface area contributed by atoms with Gasteiger partial charge in [0, 0.05) is 22.9 Å². The Hall–Kier alpha value is -4.13. The van der Waals surface area contributed by atoms with E-state index >= 15 is 0 Å². The number of pyridine rings is 1. The quantitative estimate of drug-likeness (QED) is 0.349. The van der Waals surface area contributed by atoms with E-state index in [0.717, 1.165) is 5.56 Å². The first kappa shape index (κ1) is 22.1. The Morgan fingerprint density at radius 1 is 0.909 bits per heavy atom. The van der Waals surface area contributed by atoms with Gasteiger partial charge in [-0.05, 0) is 37.3 Å². The van der Waals surface area contributed by atoms with Gasteiger partial charge in [0.15, 0.2) is 11.5 Å². The molecule has 1 unspecified atom stereocenters. The fourth-order valence-electron chi connectivity index (χ4n) is 3.84. The number of nitrogens with one attached hydrogen (secondary N) is 1. The van der Waals surface area contributed by atoms with Crippen LogP contribution >= 0.6 is 0 Å². The van der Waals surface area contributed by atoms with Gasteiger partial charge < -0.3 is 19.4 Å². The molecule has 0 saturated heterocycles. The molecule has 0 bridgehead atoms. The molecular weight excluding hydrogens is 420 g/mol. The Bertz CT molecular complexity index is 1330. The van der Waals surface area contributed by atoms with Crippen LogP contribution in [0.5, 0.6) is 5.75 Å². The average Bonchev–Trinajstić information content (AvgIpc) is 2.85. The Kier molecular flexibility index (Phi) is 6.40. The zero-order valence-electron chi connectivity index (χ0n) is 18.4. The van der Waals surface area contributed by atoms with E-state index in [-0.39, 0.29) is 18.5 Å². The molecule has 0 fully saturated rings. The summed E-state index contributed by atoms with van der Waals surface area (Å²) in [5.74, 6) is -0.322. The number of hydrogen-bond donors (Lipinski definition) is 1. The molecule has 1 atom stereocenters. The lowest BCUT2D eigenvalue weighted by Crippen LogP contribution is -2.36. The monoisotopic (exact) mass is 444 g/mol. The van der Waals surface area contributed by atoms with Crippen LogP contribution in [-0.2, 0) is 27.4 Å². The number of amides is 1. The summed E-state index contributed by atoms with van der Waals surface area (Å²) >= 11 is 0. The van der Waals surface area contributed by atoms with Gasteiger partial charge in [-0.3, -0.25) is 14.4 Å². The van der Waals surface area contributed by atoms with Gasteiger partial charge in [-0.25, -0.2) is 0 Å². The molecule has 0 aliphatic rings. The number of carbonyl (C=O) groups is 2. The van der Waals surface area contributed by atoms with E-state index in [0.29, 0.717) is 27.6 Å². The third kappa shape index (κ3) is 4.57. The molecule has 3 aromatic carbocycles. The van der Waals surface area contributed by atoms with Crippen molar-refractivity contribution in [3.05, 3.63) is 88.6 Å². The molecule has 4 aromatic rings. The number of ether oxygens (including phenoxy) is 2. The number of hydrogen-bond acceptors (Lipinski definition) is 5. The first-order valence-corrected chi connectivity index (χ1v) is 10.6. The number of benzene rings is 3. The molecule has 33 heavy (non-hydrogen) atoms. The molecule has 0 aliphatic heterocycles. The molecule has 7 heteroatoms. The second-order valence-electron chi connectivity index (χ2n) is 7.61. The summed E-state index contributed by atoms with van der Waals surface area (Å²) in [4.78, 5) is 38.1. The predicted octanol–water partition coefficient (Wildman–Crippen LogP) is 3.41. The molecule has 1 heterocycles. The SMILES string of the molecule is COc1ccccc1CNC(=O)C(C)OC(=O)Cn1c2ccccc2c(=O)c2ccccc21. The van der Waals surface area contributed by atoms with Crippen molar-refractivity contribution in [2.24, 2.45) is 0 Å².